The highest BCUT2D eigenvalue weighted by Gasteiger charge is 2.06. The summed E-state index contributed by atoms with van der Waals surface area (Å²) in [4.78, 5) is 4.30. The molecule has 1 rings (SSSR count). The van der Waals surface area contributed by atoms with Crippen LogP contribution in [0.5, 0.6) is 0 Å². The van der Waals surface area contributed by atoms with E-state index in [-0.39, 0.29) is 0 Å². The normalized spacial score (nSPS) is 10.8. The van der Waals surface area contributed by atoms with Crippen LogP contribution in [0.25, 0.3) is 0 Å². The van der Waals surface area contributed by atoms with Crippen LogP contribution in [-0.4, -0.2) is 15.3 Å². The van der Waals surface area contributed by atoms with Crippen molar-refractivity contribution in [1.82, 2.24) is 9.55 Å². The van der Waals surface area contributed by atoms with Crippen LogP contribution in [0.15, 0.2) is 24.5 Å². The lowest BCUT2D eigenvalue weighted by Crippen LogP contribution is -2.06. The van der Waals surface area contributed by atoms with Crippen LogP contribution >= 0.6 is 12.6 Å². The van der Waals surface area contributed by atoms with Crippen LogP contribution in [0, 0.1) is 0 Å². The highest BCUT2D eigenvalue weighted by molar-refractivity contribution is 7.80. The monoisotopic (exact) mass is 196 g/mol. The molecule has 1 aromatic heterocycles. The van der Waals surface area contributed by atoms with Gasteiger partial charge in [-0.2, -0.15) is 12.6 Å². The Bertz CT molecular complexity index is 289. The van der Waals surface area contributed by atoms with Crippen molar-refractivity contribution in [3.05, 3.63) is 30.4 Å². The topological polar surface area (TPSA) is 17.8 Å². The molecule has 0 aliphatic carbocycles. The highest BCUT2D eigenvalue weighted by Crippen LogP contribution is 2.13. The quantitative estimate of drug-likeness (QED) is 0.578. The van der Waals surface area contributed by atoms with Gasteiger partial charge in [0.05, 0.1) is 0 Å². The van der Waals surface area contributed by atoms with Crippen LogP contribution in [0.3, 0.4) is 0 Å². The molecule has 0 saturated heterocycles. The summed E-state index contributed by atoms with van der Waals surface area (Å²) < 4.78 is 2.13. The van der Waals surface area contributed by atoms with Crippen molar-refractivity contribution < 1.29 is 0 Å². The van der Waals surface area contributed by atoms with E-state index in [1.165, 1.54) is 0 Å². The van der Waals surface area contributed by atoms with Gasteiger partial charge in [0.25, 0.3) is 0 Å². The molecule has 0 aliphatic heterocycles. The zero-order chi connectivity index (χ0) is 9.84. The third kappa shape index (κ3) is 2.62. The second-order valence-electron chi connectivity index (χ2n) is 3.48. The third-order valence-corrected chi connectivity index (χ3v) is 2.33. The largest absolute Gasteiger partial charge is 0.331 e. The summed E-state index contributed by atoms with van der Waals surface area (Å²) in [5.41, 5.74) is 1.11. The Kier molecular flexibility index (Phi) is 3.60. The molecule has 0 spiro atoms. The second kappa shape index (κ2) is 4.51. The lowest BCUT2D eigenvalue weighted by Gasteiger charge is -2.10. The maximum Gasteiger partial charge on any atom is 0.111 e. The standard InChI is InChI=1S/C10H16N2S/c1-8(2)10-11-4-5-12(10)6-9(3)7-13/h4-5,8,13H,3,6-7H2,1-2H3. The van der Waals surface area contributed by atoms with Gasteiger partial charge >= 0.3 is 0 Å². The summed E-state index contributed by atoms with van der Waals surface area (Å²) in [5.74, 6) is 2.31. The predicted octanol–water partition coefficient (Wildman–Crippen LogP) is 2.49. The molecule has 1 aromatic rings. The fourth-order valence-corrected chi connectivity index (χ4v) is 1.35. The molecule has 0 amide bonds. The number of aromatic nitrogens is 2. The first-order valence-electron chi connectivity index (χ1n) is 4.43. The second-order valence-corrected chi connectivity index (χ2v) is 3.79. The lowest BCUT2D eigenvalue weighted by molar-refractivity contribution is 0.666. The fraction of sp³-hybridized carbons (Fsp3) is 0.500. The Balaban J connectivity index is 2.76. The van der Waals surface area contributed by atoms with Crippen LogP contribution in [0.4, 0.5) is 0 Å². The number of rotatable bonds is 4. The molecular weight excluding hydrogens is 180 g/mol. The molecule has 13 heavy (non-hydrogen) atoms. The first-order chi connectivity index (χ1) is 6.15. The van der Waals surface area contributed by atoms with Crippen molar-refractivity contribution in [3.63, 3.8) is 0 Å². The Morgan fingerprint density at radius 3 is 2.92 bits per heavy atom. The van der Waals surface area contributed by atoms with E-state index in [1.807, 2.05) is 12.4 Å². The number of nitrogens with zero attached hydrogens (tertiary/aromatic N) is 2. The van der Waals surface area contributed by atoms with Gasteiger partial charge in [-0.05, 0) is 5.57 Å². The van der Waals surface area contributed by atoms with Gasteiger partial charge < -0.3 is 4.57 Å². The van der Waals surface area contributed by atoms with Gasteiger partial charge in [-0.25, -0.2) is 4.98 Å². The van der Waals surface area contributed by atoms with Gasteiger partial charge in [-0.15, -0.1) is 0 Å². The van der Waals surface area contributed by atoms with Gasteiger partial charge in [0.2, 0.25) is 0 Å². The van der Waals surface area contributed by atoms with E-state index < -0.39 is 0 Å². The number of hydrogen-bond acceptors (Lipinski definition) is 2. The van der Waals surface area contributed by atoms with E-state index in [0.717, 1.165) is 23.7 Å². The zero-order valence-corrected chi connectivity index (χ0v) is 9.09. The minimum atomic E-state index is 0.461. The van der Waals surface area contributed by atoms with E-state index >= 15 is 0 Å². The van der Waals surface area contributed by atoms with Crippen molar-refractivity contribution in [2.45, 2.75) is 26.3 Å². The summed E-state index contributed by atoms with van der Waals surface area (Å²) in [5, 5.41) is 0. The molecule has 0 unspecified atom stereocenters. The van der Waals surface area contributed by atoms with Crippen molar-refractivity contribution >= 4 is 12.6 Å². The molecule has 0 saturated carbocycles. The Hall–Kier alpha value is -0.700. The number of hydrogen-bond donors (Lipinski definition) is 1. The molecule has 2 nitrogen and oxygen atoms in total. The minimum absolute atomic E-state index is 0.461. The van der Waals surface area contributed by atoms with Gasteiger partial charge in [0, 0.05) is 30.6 Å². The van der Waals surface area contributed by atoms with E-state index in [0.29, 0.717) is 5.92 Å². The average molecular weight is 196 g/mol. The highest BCUT2D eigenvalue weighted by atomic mass is 32.1. The molecule has 0 bridgehead atoms. The van der Waals surface area contributed by atoms with Crippen molar-refractivity contribution in [2.75, 3.05) is 5.75 Å². The molecule has 0 aromatic carbocycles. The Morgan fingerprint density at radius 2 is 2.38 bits per heavy atom. The van der Waals surface area contributed by atoms with E-state index in [4.69, 9.17) is 0 Å². The van der Waals surface area contributed by atoms with E-state index in [9.17, 15) is 0 Å². The summed E-state index contributed by atoms with van der Waals surface area (Å²) in [6.07, 6.45) is 3.82. The molecule has 0 N–H and O–H groups in total. The first-order valence-corrected chi connectivity index (χ1v) is 5.07. The zero-order valence-electron chi connectivity index (χ0n) is 8.20. The summed E-state index contributed by atoms with van der Waals surface area (Å²) >= 11 is 4.18. The molecule has 1 heterocycles. The van der Waals surface area contributed by atoms with Crippen LogP contribution in [0.1, 0.15) is 25.6 Å². The van der Waals surface area contributed by atoms with Gasteiger partial charge in [-0.1, -0.05) is 20.4 Å². The van der Waals surface area contributed by atoms with E-state index in [2.05, 4.69) is 42.6 Å². The molecule has 0 atom stereocenters. The average Bonchev–Trinajstić information content (AvgIpc) is 2.52. The summed E-state index contributed by atoms with van der Waals surface area (Å²) in [7, 11) is 0. The fourth-order valence-electron chi connectivity index (χ4n) is 1.25. The van der Waals surface area contributed by atoms with Crippen LogP contribution < -0.4 is 0 Å². The lowest BCUT2D eigenvalue weighted by atomic mass is 10.2. The summed E-state index contributed by atoms with van der Waals surface area (Å²) in [6.45, 7) is 9.04. The molecular formula is C10H16N2S. The van der Waals surface area contributed by atoms with Crippen LogP contribution in [-0.2, 0) is 6.54 Å². The van der Waals surface area contributed by atoms with Gasteiger partial charge in [0.1, 0.15) is 5.82 Å². The molecule has 0 fully saturated rings. The maximum atomic E-state index is 4.30. The maximum absolute atomic E-state index is 4.30. The first kappa shape index (κ1) is 10.4. The Labute approximate surface area is 85.1 Å². The van der Waals surface area contributed by atoms with Gasteiger partial charge in [-0.3, -0.25) is 0 Å². The molecule has 72 valence electrons. The van der Waals surface area contributed by atoms with E-state index in [1.54, 1.807) is 0 Å². The van der Waals surface area contributed by atoms with Crippen molar-refractivity contribution in [3.8, 4) is 0 Å². The summed E-state index contributed by atoms with van der Waals surface area (Å²) in [6, 6.07) is 0. The van der Waals surface area contributed by atoms with Crippen molar-refractivity contribution in [1.29, 1.82) is 0 Å². The minimum Gasteiger partial charge on any atom is -0.331 e. The number of thiol groups is 1. The van der Waals surface area contributed by atoms with Gasteiger partial charge in [0.15, 0.2) is 0 Å². The Morgan fingerprint density at radius 1 is 1.69 bits per heavy atom. The third-order valence-electron chi connectivity index (χ3n) is 1.88. The predicted molar refractivity (Wildman–Crippen MR) is 59.3 cm³/mol. The molecule has 3 heteroatoms. The number of imidazole rings is 1. The molecule has 0 radical (unpaired) electrons. The SMILES string of the molecule is C=C(CS)Cn1ccnc1C(C)C. The smallest absolute Gasteiger partial charge is 0.111 e. The van der Waals surface area contributed by atoms with Crippen LogP contribution in [0.2, 0.25) is 0 Å². The van der Waals surface area contributed by atoms with Crippen molar-refractivity contribution in [2.24, 2.45) is 0 Å². The molecule has 0 aliphatic rings.